The van der Waals surface area contributed by atoms with Gasteiger partial charge in [-0.05, 0) is 87.2 Å². The SMILES string of the molecule is CC[C@]1(O)CC2CN(CCc3c([nH]c4ccccc34)[C@](C(=O)OC)(c3cc4c(cc3OC)N(C)C3C45CCN4CC=C[C@](CC)(C45)[C@@H](OC(C)=O)[C@]3(O)C(=O)CNC3CC(O[C@H]4C[C@](O)(C(=O)CO)Cc5c(O)c6c(c(O)c54)C(=O)c4c(OC)cccc4C6=O)OC(C)C3O)C2)C1. The summed E-state index contributed by atoms with van der Waals surface area (Å²) >= 11 is 0. The van der Waals surface area contributed by atoms with Crippen molar-refractivity contribution < 1.29 is 92.9 Å². The number of benzene rings is 4. The molecule has 9 aliphatic rings. The van der Waals surface area contributed by atoms with E-state index in [4.69, 9.17) is 28.4 Å². The maximum atomic E-state index is 16.3. The highest BCUT2D eigenvalue weighted by Gasteiger charge is 2.80. The van der Waals surface area contributed by atoms with E-state index in [0.29, 0.717) is 81.1 Å². The number of aromatic amines is 1. The number of ketones is 4. The minimum atomic E-state index is -2.57. The number of anilines is 1. The number of hydrogen-bond donors (Lipinski definition) is 9. The Kier molecular flexibility index (Phi) is 16.3. The molecule has 2 bridgehead atoms. The van der Waals surface area contributed by atoms with Crippen LogP contribution in [0.15, 0.2) is 66.7 Å². The van der Waals surface area contributed by atoms with Gasteiger partial charge >= 0.3 is 11.9 Å². The van der Waals surface area contributed by atoms with Gasteiger partial charge in [-0.15, -0.1) is 0 Å². The largest absolute Gasteiger partial charge is 0.507 e. The summed E-state index contributed by atoms with van der Waals surface area (Å²) in [6, 6.07) is 13.4. The number of aromatic hydroxyl groups is 2. The zero-order valence-corrected chi connectivity index (χ0v) is 55.7. The van der Waals surface area contributed by atoms with Crippen LogP contribution in [-0.2, 0) is 61.8 Å². The van der Waals surface area contributed by atoms with E-state index in [0.717, 1.165) is 22.0 Å². The number of fused-ring (bicyclic) bond motifs is 9. The van der Waals surface area contributed by atoms with E-state index < -0.39 is 166 Å². The molecule has 9 N–H and O–H groups in total. The third kappa shape index (κ3) is 9.51. The number of esters is 2. The van der Waals surface area contributed by atoms with Crippen molar-refractivity contribution in [2.45, 2.75) is 162 Å². The molecule has 0 amide bonds. The second kappa shape index (κ2) is 23.8. The normalized spacial score (nSPS) is 34.6. The van der Waals surface area contributed by atoms with Crippen LogP contribution >= 0.6 is 0 Å². The van der Waals surface area contributed by atoms with Crippen LogP contribution in [-0.4, -0.2) is 219 Å². The number of phenols is 2. The Morgan fingerprint density at radius 3 is 2.31 bits per heavy atom. The summed E-state index contributed by atoms with van der Waals surface area (Å²) < 4.78 is 37.3. The number of aliphatic hydroxyl groups is 5. The number of carbonyl (C=O) groups excluding carboxylic acids is 6. The van der Waals surface area contributed by atoms with Gasteiger partial charge in [-0.25, -0.2) is 0 Å². The number of hydrogen-bond acceptors (Lipinski definition) is 23. The van der Waals surface area contributed by atoms with Gasteiger partial charge in [0.1, 0.15) is 40.6 Å². The molecule has 1 aromatic heterocycles. The molecule has 516 valence electrons. The first-order valence-corrected chi connectivity index (χ1v) is 33.7. The first-order valence-electron chi connectivity index (χ1n) is 33.7. The monoisotopic (exact) mass is 1340 g/mol. The summed E-state index contributed by atoms with van der Waals surface area (Å²) in [5.41, 5.74) is -7.80. The van der Waals surface area contributed by atoms with E-state index in [1.54, 1.807) is 14.2 Å². The van der Waals surface area contributed by atoms with Crippen molar-refractivity contribution in [3.8, 4) is 23.0 Å². The fraction of sp³-hybridized carbons (Fsp3) is 0.534. The number of aromatic nitrogens is 1. The van der Waals surface area contributed by atoms with E-state index in [-0.39, 0.29) is 53.2 Å². The lowest BCUT2D eigenvalue weighted by Gasteiger charge is -2.64. The van der Waals surface area contributed by atoms with Crippen molar-refractivity contribution in [1.82, 2.24) is 20.1 Å². The molecule has 97 heavy (non-hydrogen) atoms. The van der Waals surface area contributed by atoms with Crippen molar-refractivity contribution in [3.63, 3.8) is 0 Å². The van der Waals surface area contributed by atoms with E-state index in [9.17, 15) is 54.9 Å². The van der Waals surface area contributed by atoms with Crippen LogP contribution in [0.5, 0.6) is 23.0 Å². The van der Waals surface area contributed by atoms with Crippen LogP contribution < -0.4 is 19.7 Å². The minimum absolute atomic E-state index is 0.0235. The van der Waals surface area contributed by atoms with Gasteiger partial charge in [0.2, 0.25) is 5.78 Å². The Bertz CT molecular complexity index is 4170. The summed E-state index contributed by atoms with van der Waals surface area (Å²) in [7, 11) is 6.02. The van der Waals surface area contributed by atoms with Gasteiger partial charge in [-0.2, -0.15) is 0 Å². The minimum Gasteiger partial charge on any atom is -0.507 e. The van der Waals surface area contributed by atoms with E-state index >= 15 is 9.59 Å². The lowest BCUT2D eigenvalue weighted by Crippen LogP contribution is -2.81. The van der Waals surface area contributed by atoms with E-state index in [2.05, 4.69) is 20.1 Å². The van der Waals surface area contributed by atoms with Gasteiger partial charge in [-0.3, -0.25) is 38.6 Å². The van der Waals surface area contributed by atoms with Crippen molar-refractivity contribution in [2.75, 3.05) is 79.2 Å². The Balaban J connectivity index is 0.856. The first-order chi connectivity index (χ1) is 46.3. The molecule has 7 heterocycles. The molecule has 5 aromatic rings. The number of aliphatic hydroxyl groups excluding tert-OH is 2. The van der Waals surface area contributed by atoms with Gasteiger partial charge in [0.25, 0.3) is 0 Å². The molecular formula is C73H85N5O19. The summed E-state index contributed by atoms with van der Waals surface area (Å²) in [6.45, 7) is 7.62. The van der Waals surface area contributed by atoms with Crippen LogP contribution in [0.4, 0.5) is 5.69 Å². The van der Waals surface area contributed by atoms with Crippen LogP contribution in [0.3, 0.4) is 0 Å². The smallest absolute Gasteiger partial charge is 0.322 e. The molecule has 24 heteroatoms. The van der Waals surface area contributed by atoms with Gasteiger partial charge in [0.05, 0.1) is 74.5 Å². The molecule has 1 saturated carbocycles. The number of rotatable bonds is 15. The molecule has 24 nitrogen and oxygen atoms in total. The maximum absolute atomic E-state index is 16.3. The summed E-state index contributed by atoms with van der Waals surface area (Å²) in [5.74, 6) is -6.32. The van der Waals surface area contributed by atoms with Gasteiger partial charge in [0.15, 0.2) is 35.3 Å². The van der Waals surface area contributed by atoms with E-state index in [1.165, 1.54) is 46.3 Å². The first kappa shape index (κ1) is 66.6. The number of methoxy groups -OCH3 is 3. The Morgan fingerprint density at radius 2 is 1.60 bits per heavy atom. The van der Waals surface area contributed by atoms with Crippen molar-refractivity contribution in [1.29, 1.82) is 0 Å². The van der Waals surface area contributed by atoms with Crippen LogP contribution in [0.25, 0.3) is 10.9 Å². The summed E-state index contributed by atoms with van der Waals surface area (Å²) in [6.07, 6.45) is -2.30. The van der Waals surface area contributed by atoms with Crippen LogP contribution in [0, 0.1) is 11.3 Å². The van der Waals surface area contributed by atoms with Crippen LogP contribution in [0.1, 0.15) is 144 Å². The second-order valence-corrected chi connectivity index (χ2v) is 28.6. The molecule has 9 unspecified atom stereocenters. The number of Topliss-reactive ketones (excluding diaryl/α,β-unsaturated/α-hetero) is 2. The summed E-state index contributed by atoms with van der Waals surface area (Å²) in [5, 5.41) is 89.5. The fourth-order valence-corrected chi connectivity index (χ4v) is 19.7. The number of H-pyrrole nitrogens is 1. The number of nitrogens with one attached hydrogen (secondary N) is 2. The summed E-state index contributed by atoms with van der Waals surface area (Å²) in [4.78, 5) is 98.4. The third-order valence-electron chi connectivity index (χ3n) is 23.8. The molecule has 0 radical (unpaired) electrons. The number of para-hydroxylation sites is 1. The quantitative estimate of drug-likeness (QED) is 0.0398. The average Bonchev–Trinajstić information content (AvgIpc) is 1.50. The Morgan fingerprint density at radius 1 is 0.845 bits per heavy atom. The topological polar surface area (TPSA) is 337 Å². The molecule has 3 saturated heterocycles. The second-order valence-electron chi connectivity index (χ2n) is 28.6. The highest BCUT2D eigenvalue weighted by atomic mass is 16.7. The van der Waals surface area contributed by atoms with Gasteiger partial charge < -0.3 is 79.4 Å². The van der Waals surface area contributed by atoms with Gasteiger partial charge in [0, 0.05) is 133 Å². The lowest BCUT2D eigenvalue weighted by molar-refractivity contribution is -0.250. The molecule has 16 atom stereocenters. The number of carbonyl (C=O) groups is 6. The van der Waals surface area contributed by atoms with Crippen molar-refractivity contribution in [2.24, 2.45) is 11.3 Å². The molecule has 4 fully saturated rings. The molecule has 6 aliphatic heterocycles. The predicted molar refractivity (Wildman–Crippen MR) is 349 cm³/mol. The zero-order valence-electron chi connectivity index (χ0n) is 55.7. The highest BCUT2D eigenvalue weighted by molar-refractivity contribution is 6.31. The number of piperidine rings is 1. The standard InChI is InChI=1S/C73H85N5O19/c1-9-68(89)28-38-29-72(67(88)94-8,63-40(19-23-77(33-38)35-68)39-15-11-12-17-45(39)75-63)44-25-43-47(27-49(44)93-7)76(5)65-71(43)21-24-78-22-14-20-69(10-2,64(71)78)66(96-37(4)80)73(65,91)51(81)32-74-46-26-53(95-36(3)58(46)83)97-50-31-70(90,52(82)34-79)30-42-55(50)62(87)57-56(60(42)85)59(84)41-16-13-18-48(92-6)54(41)61(57)86/h11-18,20,25,27,36,38,46,50,53,58,64-66,74-75,79,83,85,87,89-91H,9-10,19,21-24,26,28-35H2,1-8H3/t36?,38?,46?,50-,53?,58?,64?,65?,66+,68-,69+,70-,71?,72+,73-/m0/s1. The lowest BCUT2D eigenvalue weighted by atomic mass is 9.47. The average molecular weight is 1340 g/mol. The molecule has 14 rings (SSSR count). The Hall–Kier alpha value is -7.62. The zero-order chi connectivity index (χ0) is 69.0. The molecule has 4 aromatic carbocycles. The number of ether oxygens (including phenoxy) is 6. The molecular weight excluding hydrogens is 1250 g/mol. The number of phenolic OH excluding ortho intramolecular Hbond substituents is 2. The number of nitrogens with zero attached hydrogens (tertiary/aromatic N) is 3. The van der Waals surface area contributed by atoms with E-state index in [1.807, 2.05) is 67.3 Å². The highest BCUT2D eigenvalue weighted by Crippen LogP contribution is 2.69. The predicted octanol–water partition coefficient (Wildman–Crippen LogP) is 4.03. The van der Waals surface area contributed by atoms with Crippen molar-refractivity contribution >= 4 is 51.7 Å². The van der Waals surface area contributed by atoms with Gasteiger partial charge in [-0.1, -0.05) is 56.3 Å². The van der Waals surface area contributed by atoms with Crippen molar-refractivity contribution in [3.05, 3.63) is 123 Å². The Labute approximate surface area is 560 Å². The molecule has 1 spiro atoms. The molecule has 3 aliphatic carbocycles. The third-order valence-corrected chi connectivity index (χ3v) is 23.8. The van der Waals surface area contributed by atoms with Crippen LogP contribution in [0.2, 0.25) is 0 Å². The fourth-order valence-electron chi connectivity index (χ4n) is 19.7. The maximum Gasteiger partial charge on any atom is 0.322 e. The number of likely N-dealkylation sites (N-methyl/N-ethyl adjacent to an activating group) is 1.